The molecule has 0 bridgehead atoms. The third-order valence-corrected chi connectivity index (χ3v) is 1.97. The third kappa shape index (κ3) is 9.26. The second-order valence-electron chi connectivity index (χ2n) is 4.11. The van der Waals surface area contributed by atoms with E-state index in [1.807, 2.05) is 0 Å². The predicted molar refractivity (Wildman–Crippen MR) is 75.2 cm³/mol. The van der Waals surface area contributed by atoms with Crippen LogP contribution in [0.1, 0.15) is 34.1 Å². The quantitative estimate of drug-likeness (QED) is 0.554. The zero-order valence-electron chi connectivity index (χ0n) is 11.0. The van der Waals surface area contributed by atoms with E-state index >= 15 is 0 Å². The molecule has 0 aromatic rings. The van der Waals surface area contributed by atoms with Crippen LogP contribution in [0.5, 0.6) is 0 Å². The Morgan fingerprint density at radius 2 is 1.44 bits per heavy atom. The van der Waals surface area contributed by atoms with E-state index in [2.05, 4.69) is 77.2 Å². The van der Waals surface area contributed by atoms with Gasteiger partial charge in [0.15, 0.2) is 0 Å². The minimum atomic E-state index is 0.847. The first kappa shape index (κ1) is 14.7. The topological polar surface area (TPSA) is 0 Å². The lowest BCUT2D eigenvalue weighted by Crippen LogP contribution is -1.69. The van der Waals surface area contributed by atoms with Gasteiger partial charge in [-0.25, -0.2) is 0 Å². The average Bonchev–Trinajstić information content (AvgIpc) is 2.17. The van der Waals surface area contributed by atoms with E-state index in [1.54, 1.807) is 0 Å². The zero-order chi connectivity index (χ0) is 12.4. The van der Waals surface area contributed by atoms with Crippen LogP contribution < -0.4 is 0 Å². The normalized spacial score (nSPS) is 13.8. The molecule has 0 fully saturated rings. The molecule has 0 aliphatic rings. The fourth-order valence-corrected chi connectivity index (χ4v) is 1.10. The van der Waals surface area contributed by atoms with Crippen molar-refractivity contribution in [2.75, 3.05) is 0 Å². The Morgan fingerprint density at radius 1 is 0.875 bits per heavy atom. The van der Waals surface area contributed by atoms with Gasteiger partial charge in [0.25, 0.3) is 0 Å². The SMILES string of the molecule is [CH2]C/C=C(C)/C=C/C=C(C)/C=C/C=C(C)C. The Bertz CT molecular complexity index is 329. The molecule has 0 aliphatic heterocycles. The zero-order valence-corrected chi connectivity index (χ0v) is 11.0. The number of hydrogen-bond donors (Lipinski definition) is 0. The van der Waals surface area contributed by atoms with Gasteiger partial charge in [-0.05, 0) is 41.0 Å². The summed E-state index contributed by atoms with van der Waals surface area (Å²) in [5, 5.41) is 0. The van der Waals surface area contributed by atoms with Gasteiger partial charge in [-0.2, -0.15) is 0 Å². The second kappa shape index (κ2) is 8.96. The maximum atomic E-state index is 3.78. The molecular formula is C16H23. The molecule has 1 radical (unpaired) electrons. The van der Waals surface area contributed by atoms with Crippen molar-refractivity contribution in [2.24, 2.45) is 0 Å². The van der Waals surface area contributed by atoms with E-state index < -0.39 is 0 Å². The van der Waals surface area contributed by atoms with Crippen molar-refractivity contribution in [3.05, 3.63) is 66.2 Å². The summed E-state index contributed by atoms with van der Waals surface area (Å²) in [5.74, 6) is 0. The van der Waals surface area contributed by atoms with Crippen molar-refractivity contribution in [3.8, 4) is 0 Å². The standard InChI is InChI=1S/C16H23/c1-6-9-15(4)12-8-13-16(5)11-7-10-14(2)3/h7-13H,1,6H2,2-5H3/b11-7+,12-8+,15-9+,16-13+. The summed E-state index contributed by atoms with van der Waals surface area (Å²) < 4.78 is 0. The maximum Gasteiger partial charge on any atom is -0.0345 e. The molecule has 0 aromatic carbocycles. The average molecular weight is 215 g/mol. The summed E-state index contributed by atoms with van der Waals surface area (Å²) in [6.45, 7) is 12.2. The van der Waals surface area contributed by atoms with Crippen molar-refractivity contribution in [1.82, 2.24) is 0 Å². The van der Waals surface area contributed by atoms with Gasteiger partial charge in [-0.15, -0.1) is 0 Å². The molecule has 0 heterocycles. The summed E-state index contributed by atoms with van der Waals surface area (Å²) in [7, 11) is 0. The molecule has 0 unspecified atom stereocenters. The lowest BCUT2D eigenvalue weighted by molar-refractivity contribution is 1.33. The predicted octanol–water partition coefficient (Wildman–Crippen LogP) is 5.18. The summed E-state index contributed by atoms with van der Waals surface area (Å²) in [5.41, 5.74) is 3.82. The van der Waals surface area contributed by atoms with E-state index in [1.165, 1.54) is 16.7 Å². The van der Waals surface area contributed by atoms with Crippen LogP contribution in [-0.4, -0.2) is 0 Å². The Morgan fingerprint density at radius 3 is 2.00 bits per heavy atom. The van der Waals surface area contributed by atoms with Crippen molar-refractivity contribution < 1.29 is 0 Å². The van der Waals surface area contributed by atoms with Crippen molar-refractivity contribution in [1.29, 1.82) is 0 Å². The summed E-state index contributed by atoms with van der Waals surface area (Å²) in [4.78, 5) is 0. The van der Waals surface area contributed by atoms with E-state index in [-0.39, 0.29) is 0 Å². The summed E-state index contributed by atoms with van der Waals surface area (Å²) >= 11 is 0. The lowest BCUT2D eigenvalue weighted by atomic mass is 10.2. The highest BCUT2D eigenvalue weighted by molar-refractivity contribution is 5.28. The monoisotopic (exact) mass is 215 g/mol. The third-order valence-electron chi connectivity index (χ3n) is 1.97. The molecule has 0 nitrogen and oxygen atoms in total. The Labute approximate surface area is 101 Å². The molecule has 0 N–H and O–H groups in total. The number of rotatable bonds is 5. The van der Waals surface area contributed by atoms with E-state index in [0.717, 1.165) is 6.42 Å². The van der Waals surface area contributed by atoms with Crippen LogP contribution in [0.15, 0.2) is 59.3 Å². The first-order valence-corrected chi connectivity index (χ1v) is 5.68. The molecule has 0 amide bonds. The van der Waals surface area contributed by atoms with Gasteiger partial charge in [0.1, 0.15) is 0 Å². The molecule has 87 valence electrons. The van der Waals surface area contributed by atoms with Crippen LogP contribution in [0.4, 0.5) is 0 Å². The van der Waals surface area contributed by atoms with E-state index in [9.17, 15) is 0 Å². The van der Waals surface area contributed by atoms with Crippen LogP contribution in [0.3, 0.4) is 0 Å². The first-order chi connectivity index (χ1) is 7.56. The molecule has 0 atom stereocenters. The fourth-order valence-electron chi connectivity index (χ4n) is 1.10. The van der Waals surface area contributed by atoms with Crippen LogP contribution in [0.25, 0.3) is 0 Å². The molecule has 0 aliphatic carbocycles. The minimum Gasteiger partial charge on any atom is -0.0816 e. The molecule has 0 heteroatoms. The van der Waals surface area contributed by atoms with Gasteiger partial charge in [-0.3, -0.25) is 0 Å². The second-order valence-corrected chi connectivity index (χ2v) is 4.11. The van der Waals surface area contributed by atoms with Crippen LogP contribution in [0, 0.1) is 6.92 Å². The van der Waals surface area contributed by atoms with Gasteiger partial charge in [0.05, 0.1) is 0 Å². The highest BCUT2D eigenvalue weighted by Gasteiger charge is 1.80. The van der Waals surface area contributed by atoms with Gasteiger partial charge in [0.2, 0.25) is 0 Å². The van der Waals surface area contributed by atoms with E-state index in [0.29, 0.717) is 0 Å². The van der Waals surface area contributed by atoms with Crippen LogP contribution >= 0.6 is 0 Å². The van der Waals surface area contributed by atoms with Crippen molar-refractivity contribution in [3.63, 3.8) is 0 Å². The largest absolute Gasteiger partial charge is 0.0816 e. The Kier molecular flexibility index (Phi) is 8.24. The smallest absolute Gasteiger partial charge is 0.0345 e. The first-order valence-electron chi connectivity index (χ1n) is 5.68. The maximum absolute atomic E-state index is 3.78. The van der Waals surface area contributed by atoms with Crippen molar-refractivity contribution in [2.45, 2.75) is 34.1 Å². The number of hydrogen-bond acceptors (Lipinski definition) is 0. The summed E-state index contributed by atoms with van der Waals surface area (Å²) in [6, 6.07) is 0. The number of allylic oxidation sites excluding steroid dienone is 10. The Balaban J connectivity index is 4.30. The Hall–Kier alpha value is -1.30. The van der Waals surface area contributed by atoms with Crippen molar-refractivity contribution >= 4 is 0 Å². The van der Waals surface area contributed by atoms with Gasteiger partial charge in [0, 0.05) is 0 Å². The van der Waals surface area contributed by atoms with E-state index in [4.69, 9.17) is 0 Å². The minimum absolute atomic E-state index is 0.847. The van der Waals surface area contributed by atoms with Gasteiger partial charge in [-0.1, -0.05) is 59.3 Å². The highest BCUT2D eigenvalue weighted by Crippen LogP contribution is 2.01. The van der Waals surface area contributed by atoms with Crippen LogP contribution in [-0.2, 0) is 0 Å². The van der Waals surface area contributed by atoms with Crippen LogP contribution in [0.2, 0.25) is 0 Å². The lowest BCUT2D eigenvalue weighted by Gasteiger charge is -1.90. The molecular weight excluding hydrogens is 192 g/mol. The highest BCUT2D eigenvalue weighted by atomic mass is 13.9. The molecule has 0 aromatic heterocycles. The molecule has 0 saturated carbocycles. The molecule has 16 heavy (non-hydrogen) atoms. The fraction of sp³-hybridized carbons (Fsp3) is 0.312. The van der Waals surface area contributed by atoms with Gasteiger partial charge >= 0.3 is 0 Å². The molecule has 0 spiro atoms. The summed E-state index contributed by atoms with van der Waals surface area (Å²) in [6.07, 6.45) is 15.5. The molecule has 0 rings (SSSR count). The van der Waals surface area contributed by atoms with Gasteiger partial charge < -0.3 is 0 Å². The molecule has 0 saturated heterocycles.